The Labute approximate surface area is 186 Å². The number of hydrogen-bond acceptors (Lipinski definition) is 3. The van der Waals surface area contributed by atoms with E-state index in [2.05, 4.69) is 10.6 Å². The van der Waals surface area contributed by atoms with E-state index in [-0.39, 0.29) is 11.8 Å². The number of nitrogens with one attached hydrogen (secondary N) is 2. The quantitative estimate of drug-likeness (QED) is 0.377. The van der Waals surface area contributed by atoms with Gasteiger partial charge in [-0.25, -0.2) is 0 Å². The molecule has 2 atom stereocenters. The lowest BCUT2D eigenvalue weighted by atomic mass is 9.49. The Hall–Kier alpha value is -0.840. The van der Waals surface area contributed by atoms with E-state index in [0.29, 0.717) is 12.0 Å². The fourth-order valence-corrected chi connectivity index (χ4v) is 7.35. The molecule has 0 spiro atoms. The van der Waals surface area contributed by atoms with Crippen molar-refractivity contribution in [1.82, 2.24) is 10.6 Å². The molecule has 2 unspecified atom stereocenters. The number of rotatable bonds is 9. The number of amides is 1. The number of halogens is 1. The summed E-state index contributed by atoms with van der Waals surface area (Å²) in [6, 6.07) is 0. The van der Waals surface area contributed by atoms with Gasteiger partial charge in [-0.2, -0.15) is 0 Å². The van der Waals surface area contributed by atoms with Crippen molar-refractivity contribution in [2.24, 2.45) is 29.1 Å². The van der Waals surface area contributed by atoms with Crippen molar-refractivity contribution in [3.05, 3.63) is 24.3 Å². The molecule has 0 saturated heterocycles. The summed E-state index contributed by atoms with van der Waals surface area (Å²) in [6.07, 6.45) is 17.6. The van der Waals surface area contributed by atoms with Gasteiger partial charge in [-0.1, -0.05) is 24.3 Å². The highest BCUT2D eigenvalue weighted by Gasteiger charge is 2.51. The highest BCUT2D eigenvalue weighted by Crippen LogP contribution is 2.59. The smallest absolute Gasteiger partial charge is 0.229 e. The van der Waals surface area contributed by atoms with Gasteiger partial charge in [-0.05, 0) is 94.9 Å². The molecule has 0 radical (unpaired) electrons. The maximum Gasteiger partial charge on any atom is 0.229 e. The molecule has 0 aliphatic heterocycles. The van der Waals surface area contributed by atoms with Gasteiger partial charge in [0.2, 0.25) is 5.91 Å². The Bertz CT molecular complexity index is 660. The number of alkyl halides is 1. The summed E-state index contributed by atoms with van der Waals surface area (Å²) in [4.78, 5) is 12.5. The molecule has 30 heavy (non-hydrogen) atoms. The lowest BCUT2D eigenvalue weighted by Gasteiger charge is -2.57. The Morgan fingerprint density at radius 2 is 1.77 bits per heavy atom. The van der Waals surface area contributed by atoms with E-state index in [4.69, 9.17) is 11.6 Å². The van der Waals surface area contributed by atoms with Gasteiger partial charge >= 0.3 is 0 Å². The minimum Gasteiger partial charge on any atom is -0.389 e. The van der Waals surface area contributed by atoms with Crippen LogP contribution in [0.5, 0.6) is 0 Å². The van der Waals surface area contributed by atoms with E-state index < -0.39 is 10.5 Å². The fraction of sp³-hybridized carbons (Fsp3) is 0.800. The molecule has 5 aliphatic rings. The third-order valence-electron chi connectivity index (χ3n) is 7.86. The van der Waals surface area contributed by atoms with E-state index in [1.165, 1.54) is 38.5 Å². The third kappa shape index (κ3) is 5.14. The third-order valence-corrected chi connectivity index (χ3v) is 8.41. The zero-order valence-electron chi connectivity index (χ0n) is 18.6. The zero-order chi connectivity index (χ0) is 21.4. The van der Waals surface area contributed by atoms with Crippen LogP contribution in [-0.2, 0) is 4.79 Å². The summed E-state index contributed by atoms with van der Waals surface area (Å²) >= 11 is 6.98. The Balaban J connectivity index is 1.30. The molecule has 1 amide bonds. The standard InChI is InChI=1S/C25H39ClN2O2/c1-23(2,30)16-27-9-5-8-25(26)7-4-3-6-21(25)22(29)28-17-24-13-18-10-19(14-24)12-20(11-18)15-24/h3-4,6-7,18-21,27,30H,5,8-17H2,1-2H3,(H,28,29). The van der Waals surface area contributed by atoms with Gasteiger partial charge in [0, 0.05) is 13.1 Å². The van der Waals surface area contributed by atoms with Crippen molar-refractivity contribution in [3.63, 3.8) is 0 Å². The first-order valence-electron chi connectivity index (χ1n) is 11.9. The predicted molar refractivity (Wildman–Crippen MR) is 122 cm³/mol. The zero-order valence-corrected chi connectivity index (χ0v) is 19.4. The first kappa shape index (κ1) is 22.4. The fourth-order valence-electron chi connectivity index (χ4n) is 6.97. The summed E-state index contributed by atoms with van der Waals surface area (Å²) < 4.78 is 0. The molecule has 3 N–H and O–H groups in total. The van der Waals surface area contributed by atoms with Gasteiger partial charge in [0.25, 0.3) is 0 Å². The van der Waals surface area contributed by atoms with Gasteiger partial charge in [0.1, 0.15) is 0 Å². The van der Waals surface area contributed by atoms with Crippen molar-refractivity contribution in [2.45, 2.75) is 75.7 Å². The van der Waals surface area contributed by atoms with Gasteiger partial charge in [0.05, 0.1) is 16.4 Å². The van der Waals surface area contributed by atoms with E-state index >= 15 is 0 Å². The summed E-state index contributed by atoms with van der Waals surface area (Å²) in [7, 11) is 0. The van der Waals surface area contributed by atoms with Crippen molar-refractivity contribution < 1.29 is 9.90 Å². The van der Waals surface area contributed by atoms with Gasteiger partial charge < -0.3 is 15.7 Å². The number of allylic oxidation sites excluding steroid dienone is 3. The van der Waals surface area contributed by atoms with Crippen LogP contribution in [0.2, 0.25) is 0 Å². The molecular weight excluding hydrogens is 396 g/mol. The first-order chi connectivity index (χ1) is 14.2. The van der Waals surface area contributed by atoms with Crippen LogP contribution in [-0.4, -0.2) is 41.1 Å². The first-order valence-corrected chi connectivity index (χ1v) is 12.3. The summed E-state index contributed by atoms with van der Waals surface area (Å²) in [6.45, 7) is 5.73. The van der Waals surface area contributed by atoms with Crippen LogP contribution in [0.4, 0.5) is 0 Å². The molecule has 4 nitrogen and oxygen atoms in total. The van der Waals surface area contributed by atoms with Gasteiger partial charge in [0.15, 0.2) is 0 Å². The van der Waals surface area contributed by atoms with Crippen molar-refractivity contribution in [1.29, 1.82) is 0 Å². The molecule has 0 heterocycles. The second-order valence-corrected chi connectivity index (χ2v) is 12.1. The second kappa shape index (κ2) is 8.60. The largest absolute Gasteiger partial charge is 0.389 e. The molecular formula is C25H39ClN2O2. The molecule has 5 rings (SSSR count). The molecule has 4 saturated carbocycles. The average molecular weight is 435 g/mol. The van der Waals surface area contributed by atoms with Crippen molar-refractivity contribution >= 4 is 17.5 Å². The molecule has 0 aromatic carbocycles. The summed E-state index contributed by atoms with van der Waals surface area (Å²) in [5.41, 5.74) is -0.375. The van der Waals surface area contributed by atoms with Gasteiger partial charge in [-0.15, -0.1) is 11.6 Å². The van der Waals surface area contributed by atoms with Crippen molar-refractivity contribution in [3.8, 4) is 0 Å². The molecule has 4 fully saturated rings. The van der Waals surface area contributed by atoms with Crippen LogP contribution in [0.25, 0.3) is 0 Å². The molecule has 5 heteroatoms. The number of hydrogen-bond donors (Lipinski definition) is 3. The highest BCUT2D eigenvalue weighted by atomic mass is 35.5. The van der Waals surface area contributed by atoms with Crippen molar-refractivity contribution in [2.75, 3.05) is 19.6 Å². The second-order valence-electron chi connectivity index (χ2n) is 11.4. The predicted octanol–water partition coefficient (Wildman–Crippen LogP) is 4.18. The van der Waals surface area contributed by atoms with Crippen LogP contribution in [0, 0.1) is 29.1 Å². The van der Waals surface area contributed by atoms with Gasteiger partial charge in [-0.3, -0.25) is 4.79 Å². The average Bonchev–Trinajstić information content (AvgIpc) is 2.64. The maximum absolute atomic E-state index is 13.2. The van der Waals surface area contributed by atoms with Crippen LogP contribution >= 0.6 is 11.6 Å². The normalized spacial score (nSPS) is 39.5. The molecule has 0 aromatic rings. The Morgan fingerprint density at radius 3 is 2.37 bits per heavy atom. The minimum absolute atomic E-state index is 0.0748. The Kier molecular flexibility index (Phi) is 6.41. The van der Waals surface area contributed by atoms with E-state index in [9.17, 15) is 9.90 Å². The number of carbonyl (C=O) groups is 1. The number of aliphatic hydroxyl groups is 1. The highest BCUT2D eigenvalue weighted by molar-refractivity contribution is 6.27. The SMILES string of the molecule is CC(C)(O)CNCCCC1(Cl)C=CC=CC1C(=O)NCC12CC3CC(CC(C3)C1)C2. The molecule has 168 valence electrons. The minimum atomic E-state index is -0.716. The topological polar surface area (TPSA) is 61.4 Å². The van der Waals surface area contributed by atoms with Crippen LogP contribution in [0.3, 0.4) is 0 Å². The van der Waals surface area contributed by atoms with E-state index in [1.807, 2.05) is 24.3 Å². The Morgan fingerprint density at radius 1 is 1.13 bits per heavy atom. The maximum atomic E-state index is 13.2. The summed E-state index contributed by atoms with van der Waals surface area (Å²) in [5.74, 6) is 2.44. The summed E-state index contributed by atoms with van der Waals surface area (Å²) in [5, 5.41) is 16.4. The molecule has 5 aliphatic carbocycles. The monoisotopic (exact) mass is 434 g/mol. The van der Waals surface area contributed by atoms with Crippen LogP contribution in [0.15, 0.2) is 24.3 Å². The van der Waals surface area contributed by atoms with Crippen LogP contribution < -0.4 is 10.6 Å². The lowest BCUT2D eigenvalue weighted by Crippen LogP contribution is -2.52. The van der Waals surface area contributed by atoms with E-state index in [1.54, 1.807) is 13.8 Å². The molecule has 0 aromatic heterocycles. The molecule has 4 bridgehead atoms. The number of carbonyl (C=O) groups excluding carboxylic acids is 1. The lowest BCUT2D eigenvalue weighted by molar-refractivity contribution is -0.126. The van der Waals surface area contributed by atoms with E-state index in [0.717, 1.165) is 43.7 Å². The van der Waals surface area contributed by atoms with Crippen LogP contribution in [0.1, 0.15) is 65.2 Å².